The Morgan fingerprint density at radius 3 is 1.85 bits per heavy atom. The van der Waals surface area contributed by atoms with Gasteiger partial charge in [0, 0.05) is 0 Å². The minimum atomic E-state index is -0.841. The lowest BCUT2D eigenvalue weighted by Crippen LogP contribution is -2.35. The lowest BCUT2D eigenvalue weighted by atomic mass is 9.79. The van der Waals surface area contributed by atoms with Gasteiger partial charge in [-0.15, -0.1) is 0 Å². The second kappa shape index (κ2) is 14.9. The van der Waals surface area contributed by atoms with Crippen LogP contribution < -0.4 is 0 Å². The molecule has 0 spiro atoms. The maximum atomic E-state index is 12.7. The molecular formula is C23H42O4. The predicted molar refractivity (Wildman–Crippen MR) is 110 cm³/mol. The molecule has 4 heteroatoms. The van der Waals surface area contributed by atoms with Gasteiger partial charge in [0.25, 0.3) is 0 Å². The first-order chi connectivity index (χ1) is 13.1. The standard InChI is InChI=1S/C23H42O4/c1-3-5-7-9-10-12-16-19(15-11-8-6-4-2)27-23(26)21-18-14-13-17-20(21)22(24)25/h19-21H,3-18H2,1-2H3,(H,24,25). The third kappa shape index (κ3) is 10.2. The minimum Gasteiger partial charge on any atom is -0.481 e. The van der Waals surface area contributed by atoms with Gasteiger partial charge in [0.05, 0.1) is 11.8 Å². The molecule has 1 fully saturated rings. The number of ether oxygens (including phenoxy) is 1. The molecule has 0 bridgehead atoms. The van der Waals surface area contributed by atoms with Crippen molar-refractivity contribution in [2.45, 2.75) is 123 Å². The van der Waals surface area contributed by atoms with E-state index in [9.17, 15) is 14.7 Å². The van der Waals surface area contributed by atoms with Crippen molar-refractivity contribution in [3.8, 4) is 0 Å². The van der Waals surface area contributed by atoms with Crippen LogP contribution in [0.2, 0.25) is 0 Å². The van der Waals surface area contributed by atoms with Crippen LogP contribution in [0.1, 0.15) is 117 Å². The Morgan fingerprint density at radius 1 is 0.815 bits per heavy atom. The molecule has 0 heterocycles. The van der Waals surface area contributed by atoms with Crippen molar-refractivity contribution >= 4 is 11.9 Å². The van der Waals surface area contributed by atoms with Crippen molar-refractivity contribution < 1.29 is 19.4 Å². The lowest BCUT2D eigenvalue weighted by molar-refractivity contribution is -0.164. The van der Waals surface area contributed by atoms with Crippen LogP contribution in [0.5, 0.6) is 0 Å². The zero-order valence-corrected chi connectivity index (χ0v) is 17.7. The third-order valence-electron chi connectivity index (χ3n) is 5.93. The van der Waals surface area contributed by atoms with Crippen molar-refractivity contribution in [1.29, 1.82) is 0 Å². The summed E-state index contributed by atoms with van der Waals surface area (Å²) in [6.45, 7) is 4.42. The van der Waals surface area contributed by atoms with Crippen LogP contribution in [0.15, 0.2) is 0 Å². The summed E-state index contributed by atoms with van der Waals surface area (Å²) in [7, 11) is 0. The van der Waals surface area contributed by atoms with E-state index in [0.717, 1.165) is 38.5 Å². The van der Waals surface area contributed by atoms with E-state index in [2.05, 4.69) is 13.8 Å². The highest BCUT2D eigenvalue weighted by Crippen LogP contribution is 2.32. The normalized spacial score (nSPS) is 21.0. The Labute approximate surface area is 166 Å². The number of aliphatic carboxylic acids is 1. The van der Waals surface area contributed by atoms with Crippen molar-refractivity contribution in [2.75, 3.05) is 0 Å². The molecule has 0 radical (unpaired) electrons. The number of carboxylic acids is 1. The monoisotopic (exact) mass is 382 g/mol. The Kier molecular flexibility index (Phi) is 13.3. The zero-order valence-electron chi connectivity index (χ0n) is 17.7. The van der Waals surface area contributed by atoms with Gasteiger partial charge >= 0.3 is 11.9 Å². The van der Waals surface area contributed by atoms with Gasteiger partial charge in [0.1, 0.15) is 6.10 Å². The molecule has 3 atom stereocenters. The summed E-state index contributed by atoms with van der Waals surface area (Å²) in [4.78, 5) is 24.2. The van der Waals surface area contributed by atoms with Crippen molar-refractivity contribution in [3.05, 3.63) is 0 Å². The predicted octanol–water partition coefficient (Wildman–Crippen LogP) is 6.51. The number of esters is 1. The van der Waals surface area contributed by atoms with E-state index in [1.807, 2.05) is 0 Å². The molecule has 3 unspecified atom stereocenters. The molecule has 0 saturated heterocycles. The van der Waals surface area contributed by atoms with Gasteiger partial charge in [0.2, 0.25) is 0 Å². The van der Waals surface area contributed by atoms with Gasteiger partial charge in [-0.25, -0.2) is 0 Å². The molecule has 1 rings (SSSR count). The summed E-state index contributed by atoms with van der Waals surface area (Å²) >= 11 is 0. The van der Waals surface area contributed by atoms with Gasteiger partial charge in [-0.2, -0.15) is 0 Å². The van der Waals surface area contributed by atoms with Crippen LogP contribution in [0.25, 0.3) is 0 Å². The number of hydrogen-bond donors (Lipinski definition) is 1. The van der Waals surface area contributed by atoms with E-state index in [1.165, 1.54) is 51.4 Å². The molecule has 1 aliphatic rings. The first kappa shape index (κ1) is 24.0. The van der Waals surface area contributed by atoms with Crippen LogP contribution in [0.4, 0.5) is 0 Å². The highest BCUT2D eigenvalue weighted by Gasteiger charge is 2.37. The summed E-state index contributed by atoms with van der Waals surface area (Å²) in [5, 5.41) is 9.43. The molecule has 1 N–H and O–H groups in total. The zero-order chi connectivity index (χ0) is 19.9. The summed E-state index contributed by atoms with van der Waals surface area (Å²) in [5.41, 5.74) is 0. The van der Waals surface area contributed by atoms with E-state index < -0.39 is 17.8 Å². The van der Waals surface area contributed by atoms with Gasteiger partial charge in [0.15, 0.2) is 0 Å². The van der Waals surface area contributed by atoms with E-state index in [-0.39, 0.29) is 12.1 Å². The Balaban J connectivity index is 2.48. The van der Waals surface area contributed by atoms with E-state index in [4.69, 9.17) is 4.74 Å². The molecule has 0 aromatic carbocycles. The van der Waals surface area contributed by atoms with Crippen molar-refractivity contribution in [2.24, 2.45) is 11.8 Å². The molecule has 158 valence electrons. The molecule has 27 heavy (non-hydrogen) atoms. The highest BCUT2D eigenvalue weighted by molar-refractivity contribution is 5.81. The first-order valence-corrected chi connectivity index (χ1v) is 11.5. The average Bonchev–Trinajstić information content (AvgIpc) is 2.67. The lowest BCUT2D eigenvalue weighted by Gasteiger charge is -2.29. The van der Waals surface area contributed by atoms with Gasteiger partial charge in [-0.1, -0.05) is 78.1 Å². The van der Waals surface area contributed by atoms with Gasteiger partial charge in [-0.05, 0) is 38.5 Å². The fourth-order valence-electron chi connectivity index (χ4n) is 4.17. The minimum absolute atomic E-state index is 0.0306. The van der Waals surface area contributed by atoms with Crippen LogP contribution >= 0.6 is 0 Å². The molecule has 0 aromatic heterocycles. The quantitative estimate of drug-likeness (QED) is 0.259. The maximum absolute atomic E-state index is 12.7. The number of hydrogen-bond acceptors (Lipinski definition) is 3. The van der Waals surface area contributed by atoms with Crippen molar-refractivity contribution in [1.82, 2.24) is 0 Å². The van der Waals surface area contributed by atoms with E-state index in [0.29, 0.717) is 12.8 Å². The van der Waals surface area contributed by atoms with Crippen LogP contribution in [0.3, 0.4) is 0 Å². The number of carboxylic acid groups (broad SMARTS) is 1. The summed E-state index contributed by atoms with van der Waals surface area (Å²) in [6, 6.07) is 0. The second-order valence-corrected chi connectivity index (χ2v) is 8.30. The van der Waals surface area contributed by atoms with E-state index >= 15 is 0 Å². The van der Waals surface area contributed by atoms with Gasteiger partial charge < -0.3 is 9.84 Å². The summed E-state index contributed by atoms with van der Waals surface area (Å²) in [6.07, 6.45) is 17.0. The third-order valence-corrected chi connectivity index (χ3v) is 5.93. The van der Waals surface area contributed by atoms with Crippen molar-refractivity contribution in [3.63, 3.8) is 0 Å². The molecule has 1 saturated carbocycles. The fourth-order valence-corrected chi connectivity index (χ4v) is 4.17. The molecular weight excluding hydrogens is 340 g/mol. The topological polar surface area (TPSA) is 63.6 Å². The average molecular weight is 383 g/mol. The van der Waals surface area contributed by atoms with Crippen LogP contribution in [-0.4, -0.2) is 23.1 Å². The van der Waals surface area contributed by atoms with Crippen LogP contribution in [-0.2, 0) is 14.3 Å². The summed E-state index contributed by atoms with van der Waals surface area (Å²) in [5.74, 6) is -2.10. The van der Waals surface area contributed by atoms with Crippen LogP contribution in [0, 0.1) is 11.8 Å². The molecule has 1 aliphatic carbocycles. The summed E-state index contributed by atoms with van der Waals surface area (Å²) < 4.78 is 5.88. The largest absolute Gasteiger partial charge is 0.481 e. The number of unbranched alkanes of at least 4 members (excludes halogenated alkanes) is 8. The number of rotatable bonds is 15. The second-order valence-electron chi connectivity index (χ2n) is 8.30. The smallest absolute Gasteiger partial charge is 0.310 e. The molecule has 0 aliphatic heterocycles. The Hall–Kier alpha value is -1.06. The first-order valence-electron chi connectivity index (χ1n) is 11.5. The highest BCUT2D eigenvalue weighted by atomic mass is 16.5. The molecule has 4 nitrogen and oxygen atoms in total. The fraction of sp³-hybridized carbons (Fsp3) is 0.913. The molecule has 0 aromatic rings. The Morgan fingerprint density at radius 2 is 1.30 bits per heavy atom. The molecule has 0 amide bonds. The Bertz CT molecular complexity index is 407. The van der Waals surface area contributed by atoms with Gasteiger partial charge in [-0.3, -0.25) is 9.59 Å². The number of carbonyl (C=O) groups is 2. The van der Waals surface area contributed by atoms with E-state index in [1.54, 1.807) is 0 Å². The SMILES string of the molecule is CCCCCCCCC(CCCCCC)OC(=O)C1CCCCC1C(=O)O. The number of carbonyl (C=O) groups excluding carboxylic acids is 1. The maximum Gasteiger partial charge on any atom is 0.310 e.